The quantitative estimate of drug-likeness (QED) is 0.898. The molecule has 0 aromatic heterocycles. The number of carboxylic acid groups (broad SMARTS) is 1. The molecule has 0 aliphatic carbocycles. The molecule has 1 fully saturated rings. The van der Waals surface area contributed by atoms with E-state index >= 15 is 0 Å². The van der Waals surface area contributed by atoms with Gasteiger partial charge in [-0.3, -0.25) is 4.90 Å². The first-order valence-electron chi connectivity index (χ1n) is 7.14. The number of amides is 2. The SMILES string of the molecule is O=C(O)c1ccc2c(c1)CCN2C(=O)NCC1CCSC1. The van der Waals surface area contributed by atoms with E-state index in [1.165, 1.54) is 12.2 Å². The highest BCUT2D eigenvalue weighted by atomic mass is 32.2. The first-order valence-corrected chi connectivity index (χ1v) is 8.30. The summed E-state index contributed by atoms with van der Waals surface area (Å²) in [7, 11) is 0. The molecule has 1 aromatic carbocycles. The number of hydrogen-bond donors (Lipinski definition) is 2. The van der Waals surface area contributed by atoms with E-state index in [0.717, 1.165) is 23.5 Å². The van der Waals surface area contributed by atoms with Gasteiger partial charge in [0.05, 0.1) is 5.56 Å². The number of benzene rings is 1. The van der Waals surface area contributed by atoms with Gasteiger partial charge in [0.1, 0.15) is 0 Å². The molecule has 1 saturated heterocycles. The van der Waals surface area contributed by atoms with Crippen molar-refractivity contribution in [2.24, 2.45) is 5.92 Å². The average molecular weight is 306 g/mol. The van der Waals surface area contributed by atoms with E-state index in [1.54, 1.807) is 23.1 Å². The zero-order chi connectivity index (χ0) is 14.8. The molecule has 2 heterocycles. The number of nitrogens with zero attached hydrogens (tertiary/aromatic N) is 1. The van der Waals surface area contributed by atoms with Crippen molar-refractivity contribution in [3.63, 3.8) is 0 Å². The molecular formula is C15H18N2O3S. The van der Waals surface area contributed by atoms with Crippen molar-refractivity contribution >= 4 is 29.4 Å². The Balaban J connectivity index is 1.65. The van der Waals surface area contributed by atoms with Crippen molar-refractivity contribution in [1.82, 2.24) is 5.32 Å². The lowest BCUT2D eigenvalue weighted by Gasteiger charge is -2.19. The molecule has 6 heteroatoms. The molecule has 1 unspecified atom stereocenters. The molecule has 0 saturated carbocycles. The third-order valence-corrected chi connectivity index (χ3v) is 5.26. The zero-order valence-electron chi connectivity index (χ0n) is 11.7. The monoisotopic (exact) mass is 306 g/mol. The van der Waals surface area contributed by atoms with Crippen molar-refractivity contribution < 1.29 is 14.7 Å². The third kappa shape index (κ3) is 3.00. The summed E-state index contributed by atoms with van der Waals surface area (Å²) < 4.78 is 0. The molecular weight excluding hydrogens is 288 g/mol. The summed E-state index contributed by atoms with van der Waals surface area (Å²) in [4.78, 5) is 25.0. The number of carbonyl (C=O) groups excluding carboxylic acids is 1. The van der Waals surface area contributed by atoms with Crippen LogP contribution in [0.4, 0.5) is 10.5 Å². The first-order chi connectivity index (χ1) is 10.1. The Morgan fingerprint density at radius 1 is 1.43 bits per heavy atom. The van der Waals surface area contributed by atoms with Crippen molar-refractivity contribution in [2.75, 3.05) is 29.5 Å². The number of rotatable bonds is 3. The average Bonchev–Trinajstić information content (AvgIpc) is 3.13. The molecule has 2 aliphatic heterocycles. The van der Waals surface area contributed by atoms with Gasteiger partial charge < -0.3 is 10.4 Å². The fraction of sp³-hybridized carbons (Fsp3) is 0.467. The van der Waals surface area contributed by atoms with Crippen LogP contribution in [-0.2, 0) is 6.42 Å². The molecule has 1 atom stereocenters. The summed E-state index contributed by atoms with van der Waals surface area (Å²) in [6, 6.07) is 4.88. The summed E-state index contributed by atoms with van der Waals surface area (Å²) in [5.74, 6) is 1.96. The Hall–Kier alpha value is -1.69. The van der Waals surface area contributed by atoms with Gasteiger partial charge in [0.15, 0.2) is 0 Å². The fourth-order valence-electron chi connectivity index (χ4n) is 2.82. The predicted octanol–water partition coefficient (Wildman–Crippen LogP) is 2.21. The lowest BCUT2D eigenvalue weighted by Crippen LogP contribution is -2.41. The van der Waals surface area contributed by atoms with E-state index in [4.69, 9.17) is 5.11 Å². The van der Waals surface area contributed by atoms with E-state index in [0.29, 0.717) is 18.9 Å². The maximum absolute atomic E-state index is 12.3. The topological polar surface area (TPSA) is 69.6 Å². The van der Waals surface area contributed by atoms with E-state index in [-0.39, 0.29) is 11.6 Å². The lowest BCUT2D eigenvalue weighted by atomic mass is 10.1. The Kier molecular flexibility index (Phi) is 4.05. The fourth-order valence-corrected chi connectivity index (χ4v) is 4.10. The summed E-state index contributed by atoms with van der Waals surface area (Å²) in [5, 5.41) is 12.0. The number of nitrogens with one attached hydrogen (secondary N) is 1. The van der Waals surface area contributed by atoms with Crippen molar-refractivity contribution in [1.29, 1.82) is 0 Å². The number of urea groups is 1. The summed E-state index contributed by atoms with van der Waals surface area (Å²) in [5.41, 5.74) is 2.04. The van der Waals surface area contributed by atoms with Crippen LogP contribution in [0.25, 0.3) is 0 Å². The molecule has 0 radical (unpaired) electrons. The van der Waals surface area contributed by atoms with Crippen LogP contribution in [0.2, 0.25) is 0 Å². The summed E-state index contributed by atoms with van der Waals surface area (Å²) >= 11 is 1.94. The van der Waals surface area contributed by atoms with Crippen LogP contribution < -0.4 is 10.2 Å². The minimum absolute atomic E-state index is 0.0753. The second-order valence-electron chi connectivity index (χ2n) is 5.47. The maximum Gasteiger partial charge on any atom is 0.335 e. The number of carbonyl (C=O) groups is 2. The van der Waals surface area contributed by atoms with Gasteiger partial charge in [0.2, 0.25) is 0 Å². The van der Waals surface area contributed by atoms with Gasteiger partial charge in [-0.2, -0.15) is 11.8 Å². The number of anilines is 1. The number of fused-ring (bicyclic) bond motifs is 1. The molecule has 2 N–H and O–H groups in total. The third-order valence-electron chi connectivity index (χ3n) is 4.03. The number of carboxylic acids is 1. The molecule has 1 aromatic rings. The second-order valence-corrected chi connectivity index (χ2v) is 6.62. The van der Waals surface area contributed by atoms with Crippen LogP contribution in [-0.4, -0.2) is 41.7 Å². The van der Waals surface area contributed by atoms with Crippen LogP contribution in [0.15, 0.2) is 18.2 Å². The van der Waals surface area contributed by atoms with Gasteiger partial charge in [-0.15, -0.1) is 0 Å². The van der Waals surface area contributed by atoms with Gasteiger partial charge in [-0.05, 0) is 54.0 Å². The summed E-state index contributed by atoms with van der Waals surface area (Å²) in [6.07, 6.45) is 1.88. The van der Waals surface area contributed by atoms with Gasteiger partial charge >= 0.3 is 12.0 Å². The van der Waals surface area contributed by atoms with Gasteiger partial charge in [-0.1, -0.05) is 0 Å². The number of aromatic carboxylic acids is 1. The molecule has 21 heavy (non-hydrogen) atoms. The minimum Gasteiger partial charge on any atom is -0.478 e. The van der Waals surface area contributed by atoms with E-state index in [1.807, 2.05) is 11.8 Å². The molecule has 112 valence electrons. The van der Waals surface area contributed by atoms with Crippen LogP contribution in [0, 0.1) is 5.92 Å². The molecule has 5 nitrogen and oxygen atoms in total. The van der Waals surface area contributed by atoms with E-state index in [9.17, 15) is 9.59 Å². The molecule has 2 aliphatic rings. The van der Waals surface area contributed by atoms with Crippen molar-refractivity contribution in [3.8, 4) is 0 Å². The number of thioether (sulfide) groups is 1. The molecule has 0 spiro atoms. The number of hydrogen-bond acceptors (Lipinski definition) is 3. The maximum atomic E-state index is 12.3. The Bertz CT molecular complexity index is 570. The van der Waals surface area contributed by atoms with E-state index in [2.05, 4.69) is 5.32 Å². The first kappa shape index (κ1) is 14.3. The van der Waals surface area contributed by atoms with Crippen LogP contribution in [0.1, 0.15) is 22.3 Å². The minimum atomic E-state index is -0.931. The Morgan fingerprint density at radius 3 is 3.00 bits per heavy atom. The summed E-state index contributed by atoms with van der Waals surface area (Å²) in [6.45, 7) is 1.34. The highest BCUT2D eigenvalue weighted by Crippen LogP contribution is 2.29. The van der Waals surface area contributed by atoms with Gasteiger partial charge in [0, 0.05) is 18.8 Å². The molecule has 0 bridgehead atoms. The lowest BCUT2D eigenvalue weighted by molar-refractivity contribution is 0.0697. The van der Waals surface area contributed by atoms with Crippen molar-refractivity contribution in [2.45, 2.75) is 12.8 Å². The van der Waals surface area contributed by atoms with Crippen LogP contribution in [0.3, 0.4) is 0 Å². The van der Waals surface area contributed by atoms with Gasteiger partial charge in [0.25, 0.3) is 0 Å². The largest absolute Gasteiger partial charge is 0.478 e. The van der Waals surface area contributed by atoms with E-state index < -0.39 is 5.97 Å². The zero-order valence-corrected chi connectivity index (χ0v) is 12.5. The normalized spacial score (nSPS) is 20.4. The van der Waals surface area contributed by atoms with Crippen molar-refractivity contribution in [3.05, 3.63) is 29.3 Å². The predicted molar refractivity (Wildman–Crippen MR) is 83.3 cm³/mol. The standard InChI is InChI=1S/C15H18N2O3S/c18-14(19)12-1-2-13-11(7-12)3-5-17(13)15(20)16-8-10-4-6-21-9-10/h1-2,7,10H,3-6,8-9H2,(H,16,20)(H,18,19). The smallest absolute Gasteiger partial charge is 0.335 e. The second kappa shape index (κ2) is 5.97. The highest BCUT2D eigenvalue weighted by Gasteiger charge is 2.26. The molecule has 3 rings (SSSR count). The van der Waals surface area contributed by atoms with Crippen LogP contribution in [0.5, 0.6) is 0 Å². The van der Waals surface area contributed by atoms with Gasteiger partial charge in [-0.25, -0.2) is 9.59 Å². The highest BCUT2D eigenvalue weighted by molar-refractivity contribution is 7.99. The van der Waals surface area contributed by atoms with Crippen LogP contribution >= 0.6 is 11.8 Å². The molecule has 2 amide bonds. The Morgan fingerprint density at radius 2 is 2.29 bits per heavy atom. The Labute approximate surface area is 127 Å².